The first-order valence-corrected chi connectivity index (χ1v) is 10.3. The number of nitrogens with zero attached hydrogens (tertiary/aromatic N) is 2. The Labute approximate surface area is 176 Å². The van der Waals surface area contributed by atoms with Crippen molar-refractivity contribution in [1.82, 2.24) is 14.9 Å². The Morgan fingerprint density at radius 3 is 2.63 bits per heavy atom. The summed E-state index contributed by atoms with van der Waals surface area (Å²) in [5.41, 5.74) is 6.23. The standard InChI is InChI=1S/C24H26N4O2/c1-4-17-6-8-18(9-7-17)22-25-21-11-12-28(14-19(21)23(29)27-22)24(30)26-20-10-5-15(2)13-16(20)3/h5-10,13H,4,11-12,14H2,1-3H3,(H,26,30)(H,25,27,29). The summed E-state index contributed by atoms with van der Waals surface area (Å²) < 4.78 is 0. The largest absolute Gasteiger partial charge is 0.322 e. The molecule has 6 heteroatoms. The number of aryl methyl sites for hydroxylation is 3. The van der Waals surface area contributed by atoms with E-state index in [-0.39, 0.29) is 18.1 Å². The van der Waals surface area contributed by atoms with Crippen molar-refractivity contribution in [3.8, 4) is 11.4 Å². The first-order chi connectivity index (χ1) is 14.4. The number of H-pyrrole nitrogens is 1. The molecule has 0 unspecified atom stereocenters. The summed E-state index contributed by atoms with van der Waals surface area (Å²) in [6, 6.07) is 13.8. The number of aromatic nitrogens is 2. The van der Waals surface area contributed by atoms with Crippen molar-refractivity contribution in [3.63, 3.8) is 0 Å². The molecule has 3 aromatic rings. The SMILES string of the molecule is CCc1ccc(-c2nc3c(c(=O)[nH]2)CN(C(=O)Nc2ccc(C)cc2C)CC3)cc1. The third-order valence-electron chi connectivity index (χ3n) is 5.61. The fraction of sp³-hybridized carbons (Fsp3) is 0.292. The molecule has 154 valence electrons. The highest BCUT2D eigenvalue weighted by Crippen LogP contribution is 2.21. The summed E-state index contributed by atoms with van der Waals surface area (Å²) in [7, 11) is 0. The number of hydrogen-bond acceptors (Lipinski definition) is 3. The van der Waals surface area contributed by atoms with Gasteiger partial charge >= 0.3 is 6.03 Å². The molecule has 0 saturated heterocycles. The smallest absolute Gasteiger partial charge is 0.320 e. The van der Waals surface area contributed by atoms with Gasteiger partial charge in [0.05, 0.1) is 17.8 Å². The van der Waals surface area contributed by atoms with Crippen LogP contribution in [0.2, 0.25) is 0 Å². The van der Waals surface area contributed by atoms with Gasteiger partial charge in [-0.2, -0.15) is 0 Å². The van der Waals surface area contributed by atoms with Crippen LogP contribution >= 0.6 is 0 Å². The lowest BCUT2D eigenvalue weighted by Crippen LogP contribution is -2.41. The van der Waals surface area contributed by atoms with Crippen LogP contribution in [0.25, 0.3) is 11.4 Å². The summed E-state index contributed by atoms with van der Waals surface area (Å²) in [5, 5.41) is 2.96. The van der Waals surface area contributed by atoms with Gasteiger partial charge in [0.1, 0.15) is 5.82 Å². The Morgan fingerprint density at radius 1 is 1.17 bits per heavy atom. The molecule has 1 aliphatic rings. The number of hydrogen-bond donors (Lipinski definition) is 2. The Morgan fingerprint density at radius 2 is 1.93 bits per heavy atom. The van der Waals surface area contributed by atoms with Crippen LogP contribution in [0.5, 0.6) is 0 Å². The quantitative estimate of drug-likeness (QED) is 0.689. The van der Waals surface area contributed by atoms with Crippen molar-refractivity contribution in [3.05, 3.63) is 80.8 Å². The van der Waals surface area contributed by atoms with E-state index in [4.69, 9.17) is 0 Å². The van der Waals surface area contributed by atoms with Gasteiger partial charge in [-0.15, -0.1) is 0 Å². The molecular formula is C24H26N4O2. The van der Waals surface area contributed by atoms with Crippen LogP contribution in [-0.4, -0.2) is 27.4 Å². The number of anilines is 1. The minimum Gasteiger partial charge on any atom is -0.320 e. The molecule has 0 saturated carbocycles. The predicted octanol–water partition coefficient (Wildman–Crippen LogP) is 4.21. The number of carbonyl (C=O) groups excluding carboxylic acids is 1. The fourth-order valence-electron chi connectivity index (χ4n) is 3.78. The van der Waals surface area contributed by atoms with E-state index in [1.807, 2.05) is 56.3 Å². The molecule has 2 amide bonds. The van der Waals surface area contributed by atoms with Crippen LogP contribution in [0.3, 0.4) is 0 Å². The van der Waals surface area contributed by atoms with E-state index in [0.29, 0.717) is 24.4 Å². The first-order valence-electron chi connectivity index (χ1n) is 10.3. The number of nitrogens with one attached hydrogen (secondary N) is 2. The number of carbonyl (C=O) groups is 1. The Hall–Kier alpha value is -3.41. The minimum absolute atomic E-state index is 0.182. The maximum absolute atomic E-state index is 12.8. The van der Waals surface area contributed by atoms with Crippen LogP contribution in [0.4, 0.5) is 10.5 Å². The van der Waals surface area contributed by atoms with Crippen molar-refractivity contribution < 1.29 is 4.79 Å². The number of benzene rings is 2. The second-order valence-electron chi connectivity index (χ2n) is 7.81. The number of fused-ring (bicyclic) bond motifs is 1. The molecule has 1 aromatic heterocycles. The van der Waals surface area contributed by atoms with E-state index in [1.165, 1.54) is 5.56 Å². The van der Waals surface area contributed by atoms with E-state index >= 15 is 0 Å². The third-order valence-corrected chi connectivity index (χ3v) is 5.61. The number of aromatic amines is 1. The molecule has 2 N–H and O–H groups in total. The van der Waals surface area contributed by atoms with Gasteiger partial charge in [0.25, 0.3) is 5.56 Å². The van der Waals surface area contributed by atoms with E-state index in [0.717, 1.165) is 34.5 Å². The summed E-state index contributed by atoms with van der Waals surface area (Å²) in [6.07, 6.45) is 1.52. The zero-order valence-corrected chi connectivity index (χ0v) is 17.6. The lowest BCUT2D eigenvalue weighted by molar-refractivity contribution is 0.205. The van der Waals surface area contributed by atoms with Gasteiger partial charge < -0.3 is 15.2 Å². The van der Waals surface area contributed by atoms with Crippen LogP contribution in [0, 0.1) is 13.8 Å². The molecule has 2 aromatic carbocycles. The van der Waals surface area contributed by atoms with Gasteiger partial charge in [-0.1, -0.05) is 48.9 Å². The van der Waals surface area contributed by atoms with Crippen molar-refractivity contribution in [1.29, 1.82) is 0 Å². The highest BCUT2D eigenvalue weighted by Gasteiger charge is 2.25. The van der Waals surface area contributed by atoms with Crippen LogP contribution in [0.1, 0.15) is 34.9 Å². The lowest BCUT2D eigenvalue weighted by atomic mass is 10.1. The average Bonchev–Trinajstić information content (AvgIpc) is 2.75. The second-order valence-corrected chi connectivity index (χ2v) is 7.81. The highest BCUT2D eigenvalue weighted by molar-refractivity contribution is 5.90. The fourth-order valence-corrected chi connectivity index (χ4v) is 3.78. The molecule has 6 nitrogen and oxygen atoms in total. The summed E-state index contributed by atoms with van der Waals surface area (Å²) in [4.78, 5) is 34.7. The molecule has 0 aliphatic carbocycles. The molecular weight excluding hydrogens is 376 g/mol. The summed E-state index contributed by atoms with van der Waals surface area (Å²) >= 11 is 0. The molecule has 0 radical (unpaired) electrons. The normalized spacial score (nSPS) is 13.1. The Bertz CT molecular complexity index is 1150. The maximum atomic E-state index is 12.8. The molecule has 2 heterocycles. The van der Waals surface area contributed by atoms with Gasteiger partial charge in [-0.25, -0.2) is 9.78 Å². The summed E-state index contributed by atoms with van der Waals surface area (Å²) in [5.74, 6) is 0.578. The van der Waals surface area contributed by atoms with Crippen molar-refractivity contribution in [2.24, 2.45) is 0 Å². The zero-order chi connectivity index (χ0) is 21.3. The molecule has 0 bridgehead atoms. The summed E-state index contributed by atoms with van der Waals surface area (Å²) in [6.45, 7) is 6.87. The van der Waals surface area contributed by atoms with E-state index < -0.39 is 0 Å². The second kappa shape index (κ2) is 8.14. The van der Waals surface area contributed by atoms with E-state index in [2.05, 4.69) is 22.2 Å². The van der Waals surface area contributed by atoms with E-state index in [1.54, 1.807) is 4.90 Å². The van der Waals surface area contributed by atoms with Crippen molar-refractivity contribution in [2.75, 3.05) is 11.9 Å². The number of amides is 2. The zero-order valence-electron chi connectivity index (χ0n) is 17.6. The van der Waals surface area contributed by atoms with Gasteiger partial charge in [-0.05, 0) is 37.5 Å². The monoisotopic (exact) mass is 402 g/mol. The van der Waals surface area contributed by atoms with Gasteiger partial charge in [0, 0.05) is 24.2 Å². The molecule has 30 heavy (non-hydrogen) atoms. The van der Waals surface area contributed by atoms with Crippen LogP contribution in [-0.2, 0) is 19.4 Å². The molecule has 4 rings (SSSR count). The van der Waals surface area contributed by atoms with Gasteiger partial charge in [0.2, 0.25) is 0 Å². The third kappa shape index (κ3) is 3.99. The topological polar surface area (TPSA) is 78.1 Å². The molecule has 0 spiro atoms. The Balaban J connectivity index is 1.53. The van der Waals surface area contributed by atoms with E-state index in [9.17, 15) is 9.59 Å². The van der Waals surface area contributed by atoms with Gasteiger partial charge in [0.15, 0.2) is 0 Å². The predicted molar refractivity (Wildman–Crippen MR) is 119 cm³/mol. The molecule has 0 fully saturated rings. The molecule has 0 atom stereocenters. The Kier molecular flexibility index (Phi) is 5.40. The van der Waals surface area contributed by atoms with Crippen molar-refractivity contribution >= 4 is 11.7 Å². The van der Waals surface area contributed by atoms with Crippen LogP contribution < -0.4 is 10.9 Å². The minimum atomic E-state index is -0.203. The molecule has 1 aliphatic heterocycles. The van der Waals surface area contributed by atoms with Crippen LogP contribution in [0.15, 0.2) is 47.3 Å². The highest BCUT2D eigenvalue weighted by atomic mass is 16.2. The average molecular weight is 402 g/mol. The maximum Gasteiger partial charge on any atom is 0.322 e. The number of urea groups is 1. The first kappa shape index (κ1) is 19.9. The van der Waals surface area contributed by atoms with Crippen molar-refractivity contribution in [2.45, 2.75) is 40.2 Å². The van der Waals surface area contributed by atoms with Gasteiger partial charge in [-0.3, -0.25) is 4.79 Å². The lowest BCUT2D eigenvalue weighted by Gasteiger charge is -2.28. The number of rotatable bonds is 3.